The zero-order valence-electron chi connectivity index (χ0n) is 13.1. The standard InChI is InChI=1S/C17H28O4/c1-3-4-5-6-7-8-9-10-11-14-12-15(16(18)19)13(2)17(20)21-14/h14-15H,2-12H2,1H3,(H,18,19). The summed E-state index contributed by atoms with van der Waals surface area (Å²) in [5.41, 5.74) is 0.0784. The van der Waals surface area contributed by atoms with Gasteiger partial charge in [-0.15, -0.1) is 0 Å². The predicted molar refractivity (Wildman–Crippen MR) is 82.0 cm³/mol. The van der Waals surface area contributed by atoms with Gasteiger partial charge in [0.25, 0.3) is 0 Å². The van der Waals surface area contributed by atoms with Gasteiger partial charge < -0.3 is 9.84 Å². The van der Waals surface area contributed by atoms with Gasteiger partial charge >= 0.3 is 11.9 Å². The molecule has 120 valence electrons. The van der Waals surface area contributed by atoms with Crippen molar-refractivity contribution in [1.82, 2.24) is 0 Å². The Hall–Kier alpha value is -1.32. The van der Waals surface area contributed by atoms with E-state index in [0.717, 1.165) is 19.3 Å². The molecule has 0 aromatic rings. The van der Waals surface area contributed by atoms with Gasteiger partial charge in [0.2, 0.25) is 0 Å². The second kappa shape index (κ2) is 9.59. The van der Waals surface area contributed by atoms with Gasteiger partial charge in [0.1, 0.15) is 6.10 Å². The average Bonchev–Trinajstić information content (AvgIpc) is 2.45. The quantitative estimate of drug-likeness (QED) is 0.374. The molecule has 0 aromatic heterocycles. The number of rotatable bonds is 10. The van der Waals surface area contributed by atoms with Crippen molar-refractivity contribution in [2.24, 2.45) is 5.92 Å². The first-order chi connectivity index (χ1) is 10.1. The number of carbonyl (C=O) groups excluding carboxylic acids is 1. The molecule has 0 saturated carbocycles. The van der Waals surface area contributed by atoms with Crippen molar-refractivity contribution in [1.29, 1.82) is 0 Å². The number of esters is 1. The maximum Gasteiger partial charge on any atom is 0.334 e. The second-order valence-electron chi connectivity index (χ2n) is 5.94. The number of aliphatic carboxylic acids is 1. The topological polar surface area (TPSA) is 63.6 Å². The highest BCUT2D eigenvalue weighted by atomic mass is 16.5. The minimum absolute atomic E-state index is 0.0784. The molecule has 2 unspecified atom stereocenters. The molecule has 1 heterocycles. The van der Waals surface area contributed by atoms with E-state index in [2.05, 4.69) is 13.5 Å². The number of hydrogen-bond acceptors (Lipinski definition) is 3. The molecule has 0 radical (unpaired) electrons. The maximum atomic E-state index is 11.6. The molecule has 0 amide bonds. The first-order valence-electron chi connectivity index (χ1n) is 8.18. The van der Waals surface area contributed by atoms with Crippen LogP contribution in [0.15, 0.2) is 12.2 Å². The van der Waals surface area contributed by atoms with Gasteiger partial charge in [-0.1, -0.05) is 58.4 Å². The van der Waals surface area contributed by atoms with Gasteiger partial charge in [-0.2, -0.15) is 0 Å². The molecule has 0 aromatic carbocycles. The van der Waals surface area contributed by atoms with Crippen LogP contribution in [0.3, 0.4) is 0 Å². The fourth-order valence-electron chi connectivity index (χ4n) is 2.76. The summed E-state index contributed by atoms with van der Waals surface area (Å²) in [6.07, 6.45) is 10.7. The molecule has 0 spiro atoms. The van der Waals surface area contributed by atoms with Crippen LogP contribution < -0.4 is 0 Å². The van der Waals surface area contributed by atoms with Crippen molar-refractivity contribution in [3.8, 4) is 0 Å². The molecule has 0 bridgehead atoms. The van der Waals surface area contributed by atoms with E-state index < -0.39 is 17.9 Å². The van der Waals surface area contributed by atoms with Crippen LogP contribution in [-0.4, -0.2) is 23.1 Å². The molecule has 0 aliphatic carbocycles. The van der Waals surface area contributed by atoms with Crippen LogP contribution in [0.4, 0.5) is 0 Å². The lowest BCUT2D eigenvalue weighted by Crippen LogP contribution is -2.35. The molecule has 4 heteroatoms. The third-order valence-electron chi connectivity index (χ3n) is 4.13. The lowest BCUT2D eigenvalue weighted by Gasteiger charge is -2.28. The Morgan fingerprint density at radius 1 is 1.19 bits per heavy atom. The molecular weight excluding hydrogens is 268 g/mol. The monoisotopic (exact) mass is 296 g/mol. The molecule has 1 saturated heterocycles. The lowest BCUT2D eigenvalue weighted by atomic mass is 9.89. The van der Waals surface area contributed by atoms with Crippen LogP contribution in [0.25, 0.3) is 0 Å². The molecule has 21 heavy (non-hydrogen) atoms. The number of carbonyl (C=O) groups is 2. The number of unbranched alkanes of at least 4 members (excludes halogenated alkanes) is 7. The van der Waals surface area contributed by atoms with Gasteiger partial charge in [0.15, 0.2) is 0 Å². The molecular formula is C17H28O4. The Balaban J connectivity index is 2.16. The van der Waals surface area contributed by atoms with E-state index >= 15 is 0 Å². The molecule has 4 nitrogen and oxygen atoms in total. The number of carboxylic acid groups (broad SMARTS) is 1. The fraction of sp³-hybridized carbons (Fsp3) is 0.765. The first-order valence-corrected chi connectivity index (χ1v) is 8.18. The maximum absolute atomic E-state index is 11.6. The lowest BCUT2D eigenvalue weighted by molar-refractivity contribution is -0.157. The molecule has 1 rings (SSSR count). The van der Waals surface area contributed by atoms with Crippen LogP contribution in [0, 0.1) is 5.92 Å². The summed E-state index contributed by atoms with van der Waals surface area (Å²) in [5.74, 6) is -2.29. The zero-order valence-corrected chi connectivity index (χ0v) is 13.1. The number of cyclic esters (lactones) is 1. The largest absolute Gasteiger partial charge is 0.481 e. The van der Waals surface area contributed by atoms with Gasteiger partial charge in [-0.3, -0.25) is 4.79 Å². The van der Waals surface area contributed by atoms with E-state index in [0.29, 0.717) is 6.42 Å². The third kappa shape index (κ3) is 6.32. The van der Waals surface area contributed by atoms with Crippen molar-refractivity contribution < 1.29 is 19.4 Å². The van der Waals surface area contributed by atoms with Crippen molar-refractivity contribution in [2.75, 3.05) is 0 Å². The minimum Gasteiger partial charge on any atom is -0.481 e. The smallest absolute Gasteiger partial charge is 0.334 e. The first kappa shape index (κ1) is 17.7. The minimum atomic E-state index is -0.974. The summed E-state index contributed by atoms with van der Waals surface area (Å²) in [5, 5.41) is 9.09. The molecule has 1 aliphatic rings. The highest BCUT2D eigenvalue weighted by Gasteiger charge is 2.36. The van der Waals surface area contributed by atoms with Crippen LogP contribution in [-0.2, 0) is 14.3 Å². The Morgan fingerprint density at radius 2 is 1.76 bits per heavy atom. The van der Waals surface area contributed by atoms with Crippen LogP contribution in [0.5, 0.6) is 0 Å². The highest BCUT2D eigenvalue weighted by Crippen LogP contribution is 2.28. The molecule has 1 N–H and O–H groups in total. The highest BCUT2D eigenvalue weighted by molar-refractivity contribution is 5.95. The summed E-state index contributed by atoms with van der Waals surface area (Å²) in [7, 11) is 0. The fourth-order valence-corrected chi connectivity index (χ4v) is 2.76. The normalized spacial score (nSPS) is 22.1. The number of carboxylic acids is 1. The molecule has 2 atom stereocenters. The Bertz CT molecular complexity index is 362. The van der Waals surface area contributed by atoms with Crippen molar-refractivity contribution >= 4 is 11.9 Å². The van der Waals surface area contributed by atoms with E-state index in [4.69, 9.17) is 9.84 Å². The summed E-state index contributed by atoms with van der Waals surface area (Å²) in [4.78, 5) is 22.7. The average molecular weight is 296 g/mol. The van der Waals surface area contributed by atoms with Crippen LogP contribution in [0.1, 0.15) is 71.1 Å². The van der Waals surface area contributed by atoms with Crippen molar-refractivity contribution in [3.05, 3.63) is 12.2 Å². The Labute approximate surface area is 127 Å². The van der Waals surface area contributed by atoms with Gasteiger partial charge in [0.05, 0.1) is 5.92 Å². The van der Waals surface area contributed by atoms with E-state index in [1.807, 2.05) is 0 Å². The van der Waals surface area contributed by atoms with E-state index in [-0.39, 0.29) is 11.7 Å². The van der Waals surface area contributed by atoms with Gasteiger partial charge in [0, 0.05) is 12.0 Å². The Morgan fingerprint density at radius 3 is 2.33 bits per heavy atom. The van der Waals surface area contributed by atoms with Gasteiger partial charge in [-0.05, 0) is 12.8 Å². The summed E-state index contributed by atoms with van der Waals surface area (Å²) in [6, 6.07) is 0. The van der Waals surface area contributed by atoms with Crippen molar-refractivity contribution in [2.45, 2.75) is 77.2 Å². The summed E-state index contributed by atoms with van der Waals surface area (Å²) in [6.45, 7) is 5.74. The number of ether oxygens (including phenoxy) is 1. The van der Waals surface area contributed by atoms with E-state index in [1.165, 1.54) is 38.5 Å². The van der Waals surface area contributed by atoms with Crippen LogP contribution >= 0.6 is 0 Å². The summed E-state index contributed by atoms with van der Waals surface area (Å²) < 4.78 is 5.24. The summed E-state index contributed by atoms with van der Waals surface area (Å²) >= 11 is 0. The molecule has 1 aliphatic heterocycles. The second-order valence-corrected chi connectivity index (χ2v) is 5.94. The van der Waals surface area contributed by atoms with Crippen molar-refractivity contribution in [3.63, 3.8) is 0 Å². The number of hydrogen-bond donors (Lipinski definition) is 1. The zero-order chi connectivity index (χ0) is 15.7. The third-order valence-corrected chi connectivity index (χ3v) is 4.13. The van der Waals surface area contributed by atoms with E-state index in [9.17, 15) is 9.59 Å². The SMILES string of the molecule is C=C1C(=O)OC(CCCCCCCCCC)CC1C(=O)O. The van der Waals surface area contributed by atoms with Gasteiger partial charge in [-0.25, -0.2) is 4.79 Å². The van der Waals surface area contributed by atoms with Crippen LogP contribution in [0.2, 0.25) is 0 Å². The predicted octanol–water partition coefficient (Wildman–Crippen LogP) is 4.09. The molecule has 1 fully saturated rings. The Kier molecular flexibility index (Phi) is 8.09. The van der Waals surface area contributed by atoms with E-state index in [1.54, 1.807) is 0 Å².